The van der Waals surface area contributed by atoms with Crippen LogP contribution in [0, 0.1) is 0 Å². The minimum atomic E-state index is -0.202. The van der Waals surface area contributed by atoms with Crippen molar-refractivity contribution >= 4 is 33.4 Å². The SMILES string of the molecule is O=C(c1cc(Br)ccc1O)N1CCOC(CCl)C1. The van der Waals surface area contributed by atoms with Gasteiger partial charge in [0.15, 0.2) is 0 Å². The second-order valence-electron chi connectivity index (χ2n) is 4.06. The van der Waals surface area contributed by atoms with Crippen molar-refractivity contribution < 1.29 is 14.6 Å². The van der Waals surface area contributed by atoms with Gasteiger partial charge < -0.3 is 14.7 Å². The number of carbonyl (C=O) groups is 1. The van der Waals surface area contributed by atoms with E-state index in [-0.39, 0.29) is 17.8 Å². The van der Waals surface area contributed by atoms with E-state index >= 15 is 0 Å². The largest absolute Gasteiger partial charge is 0.507 e. The van der Waals surface area contributed by atoms with Gasteiger partial charge in [-0.15, -0.1) is 11.6 Å². The van der Waals surface area contributed by atoms with Gasteiger partial charge in [-0.1, -0.05) is 15.9 Å². The highest BCUT2D eigenvalue weighted by Gasteiger charge is 2.26. The van der Waals surface area contributed by atoms with Crippen LogP contribution >= 0.6 is 27.5 Å². The number of amides is 1. The van der Waals surface area contributed by atoms with E-state index in [1.54, 1.807) is 17.0 Å². The molecule has 0 aromatic heterocycles. The molecule has 1 amide bonds. The molecule has 0 aliphatic carbocycles. The highest BCUT2D eigenvalue weighted by Crippen LogP contribution is 2.24. The average molecular weight is 335 g/mol. The van der Waals surface area contributed by atoms with Gasteiger partial charge in [0.25, 0.3) is 5.91 Å². The van der Waals surface area contributed by atoms with Crippen molar-refractivity contribution in [3.63, 3.8) is 0 Å². The smallest absolute Gasteiger partial charge is 0.257 e. The molecule has 6 heteroatoms. The van der Waals surface area contributed by atoms with Gasteiger partial charge >= 0.3 is 0 Å². The monoisotopic (exact) mass is 333 g/mol. The van der Waals surface area contributed by atoms with Crippen molar-refractivity contribution in [3.8, 4) is 5.75 Å². The quantitative estimate of drug-likeness (QED) is 0.844. The van der Waals surface area contributed by atoms with Gasteiger partial charge in [0.2, 0.25) is 0 Å². The summed E-state index contributed by atoms with van der Waals surface area (Å²) in [6.45, 7) is 1.43. The Labute approximate surface area is 119 Å². The van der Waals surface area contributed by atoms with Crippen LogP contribution in [0.15, 0.2) is 22.7 Å². The molecule has 0 spiro atoms. The third kappa shape index (κ3) is 2.96. The number of hydrogen-bond donors (Lipinski definition) is 1. The van der Waals surface area contributed by atoms with Crippen LogP contribution in [0.5, 0.6) is 5.75 Å². The first kappa shape index (κ1) is 13.6. The zero-order valence-electron chi connectivity index (χ0n) is 9.60. The molecule has 1 aliphatic heterocycles. The lowest BCUT2D eigenvalue weighted by molar-refractivity contribution is -0.0109. The van der Waals surface area contributed by atoms with Crippen molar-refractivity contribution in [1.29, 1.82) is 0 Å². The Morgan fingerprint density at radius 1 is 1.61 bits per heavy atom. The van der Waals surface area contributed by atoms with E-state index in [1.165, 1.54) is 6.07 Å². The molecule has 1 heterocycles. The standard InChI is InChI=1S/C12H13BrClNO3/c13-8-1-2-11(16)10(5-8)12(17)15-3-4-18-9(6-14)7-15/h1-2,5,9,16H,3-4,6-7H2. The van der Waals surface area contributed by atoms with Crippen LogP contribution < -0.4 is 0 Å². The van der Waals surface area contributed by atoms with Crippen molar-refractivity contribution in [1.82, 2.24) is 4.90 Å². The van der Waals surface area contributed by atoms with Crippen LogP contribution in [0.2, 0.25) is 0 Å². The van der Waals surface area contributed by atoms with Gasteiger partial charge in [0.1, 0.15) is 5.75 Å². The predicted octanol–water partition coefficient (Wildman–Crippen LogP) is 2.23. The Bertz CT molecular complexity index is 455. The van der Waals surface area contributed by atoms with Crippen LogP contribution in [0.4, 0.5) is 0 Å². The Morgan fingerprint density at radius 2 is 2.39 bits per heavy atom. The maximum atomic E-state index is 12.3. The third-order valence-electron chi connectivity index (χ3n) is 2.79. The molecule has 1 aromatic rings. The molecule has 1 saturated heterocycles. The molecule has 0 radical (unpaired) electrons. The number of carbonyl (C=O) groups excluding carboxylic acids is 1. The highest BCUT2D eigenvalue weighted by atomic mass is 79.9. The van der Waals surface area contributed by atoms with Gasteiger partial charge in [0.05, 0.1) is 24.2 Å². The van der Waals surface area contributed by atoms with Gasteiger partial charge in [-0.3, -0.25) is 4.79 Å². The van der Waals surface area contributed by atoms with Crippen LogP contribution in [0.3, 0.4) is 0 Å². The second kappa shape index (κ2) is 5.91. The second-order valence-corrected chi connectivity index (χ2v) is 5.28. The molecule has 0 bridgehead atoms. The van der Waals surface area contributed by atoms with Crippen LogP contribution in [0.25, 0.3) is 0 Å². The number of hydrogen-bond acceptors (Lipinski definition) is 3. The molecule has 1 atom stereocenters. The minimum absolute atomic E-state index is 0.0166. The summed E-state index contributed by atoms with van der Waals surface area (Å²) in [5.41, 5.74) is 0.291. The van der Waals surface area contributed by atoms with Crippen LogP contribution in [-0.2, 0) is 4.74 Å². The molecular weight excluding hydrogens is 321 g/mol. The van der Waals surface area contributed by atoms with E-state index in [4.69, 9.17) is 16.3 Å². The Morgan fingerprint density at radius 3 is 3.11 bits per heavy atom. The summed E-state index contributed by atoms with van der Waals surface area (Å²) < 4.78 is 6.16. The van der Waals surface area contributed by atoms with Gasteiger partial charge in [-0.2, -0.15) is 0 Å². The number of ether oxygens (including phenoxy) is 1. The number of alkyl halides is 1. The zero-order valence-corrected chi connectivity index (χ0v) is 11.9. The fraction of sp³-hybridized carbons (Fsp3) is 0.417. The summed E-state index contributed by atoms with van der Waals surface area (Å²) in [5.74, 6) is 0.137. The molecule has 1 aromatic carbocycles. The molecule has 18 heavy (non-hydrogen) atoms. The van der Waals surface area contributed by atoms with Crippen LogP contribution in [0.1, 0.15) is 10.4 Å². The molecule has 98 valence electrons. The molecule has 4 nitrogen and oxygen atoms in total. The summed E-state index contributed by atoms with van der Waals surface area (Å²) in [5, 5.41) is 9.73. The fourth-order valence-electron chi connectivity index (χ4n) is 1.85. The number of nitrogens with zero attached hydrogens (tertiary/aromatic N) is 1. The molecule has 1 aliphatic rings. The molecule has 1 unspecified atom stereocenters. The maximum absolute atomic E-state index is 12.3. The topological polar surface area (TPSA) is 49.8 Å². The number of benzene rings is 1. The number of morpholine rings is 1. The van der Waals surface area contributed by atoms with E-state index in [0.717, 1.165) is 4.47 Å². The first-order valence-electron chi connectivity index (χ1n) is 5.57. The first-order valence-corrected chi connectivity index (χ1v) is 6.90. The maximum Gasteiger partial charge on any atom is 0.257 e. The van der Waals surface area contributed by atoms with E-state index in [9.17, 15) is 9.90 Å². The minimum Gasteiger partial charge on any atom is -0.507 e. The van der Waals surface area contributed by atoms with Gasteiger partial charge in [0, 0.05) is 17.6 Å². The van der Waals surface area contributed by atoms with E-state index in [2.05, 4.69) is 15.9 Å². The lowest BCUT2D eigenvalue weighted by Crippen LogP contribution is -2.46. The van der Waals surface area contributed by atoms with Gasteiger partial charge in [-0.25, -0.2) is 0 Å². The Balaban J connectivity index is 2.17. The summed E-state index contributed by atoms with van der Waals surface area (Å²) in [6.07, 6.45) is -0.140. The van der Waals surface area contributed by atoms with Crippen LogP contribution in [-0.4, -0.2) is 47.6 Å². The summed E-state index contributed by atoms with van der Waals surface area (Å²) in [7, 11) is 0. The first-order chi connectivity index (χ1) is 8.61. The molecule has 1 fully saturated rings. The van der Waals surface area contributed by atoms with E-state index < -0.39 is 0 Å². The number of phenolic OH excluding ortho intramolecular Hbond substituents is 1. The van der Waals surface area contributed by atoms with Crippen molar-refractivity contribution in [2.24, 2.45) is 0 Å². The lowest BCUT2D eigenvalue weighted by Gasteiger charge is -2.32. The summed E-state index contributed by atoms with van der Waals surface area (Å²) >= 11 is 9.02. The third-order valence-corrected chi connectivity index (χ3v) is 3.62. The number of halogens is 2. The number of phenols is 1. The van der Waals surface area contributed by atoms with Crippen molar-refractivity contribution in [2.75, 3.05) is 25.6 Å². The number of rotatable bonds is 2. The Kier molecular flexibility index (Phi) is 4.48. The zero-order chi connectivity index (χ0) is 13.1. The predicted molar refractivity (Wildman–Crippen MR) is 72.2 cm³/mol. The molecule has 1 N–H and O–H groups in total. The van der Waals surface area contributed by atoms with E-state index in [0.29, 0.717) is 31.1 Å². The van der Waals surface area contributed by atoms with Gasteiger partial charge in [-0.05, 0) is 18.2 Å². The van der Waals surface area contributed by atoms with Crippen molar-refractivity contribution in [2.45, 2.75) is 6.10 Å². The average Bonchev–Trinajstić information content (AvgIpc) is 2.41. The number of aromatic hydroxyl groups is 1. The lowest BCUT2D eigenvalue weighted by atomic mass is 10.1. The highest BCUT2D eigenvalue weighted by molar-refractivity contribution is 9.10. The molecule has 2 rings (SSSR count). The molecule has 0 saturated carbocycles. The summed E-state index contributed by atoms with van der Waals surface area (Å²) in [6, 6.07) is 4.80. The fourth-order valence-corrected chi connectivity index (χ4v) is 2.39. The molecular formula is C12H13BrClNO3. The Hall–Kier alpha value is -0.780. The van der Waals surface area contributed by atoms with Crippen molar-refractivity contribution in [3.05, 3.63) is 28.2 Å². The summed E-state index contributed by atoms with van der Waals surface area (Å²) in [4.78, 5) is 13.9. The normalized spacial score (nSPS) is 19.9. The van der Waals surface area contributed by atoms with E-state index in [1.807, 2.05) is 0 Å².